The second-order valence-electron chi connectivity index (χ2n) is 2.16. The molecule has 0 heterocycles. The van der Waals surface area contributed by atoms with E-state index in [-0.39, 0.29) is 13.2 Å². The molecule has 0 aromatic carbocycles. The first kappa shape index (κ1) is 16.1. The highest BCUT2D eigenvalue weighted by molar-refractivity contribution is 6.61. The summed E-state index contributed by atoms with van der Waals surface area (Å²) in [6, 6.07) is 0. The zero-order valence-electron chi connectivity index (χ0n) is 8.36. The van der Waals surface area contributed by atoms with Gasteiger partial charge < -0.3 is 14.6 Å². The van der Waals surface area contributed by atoms with Gasteiger partial charge in [-0.1, -0.05) is 13.2 Å². The molecule has 15 heavy (non-hydrogen) atoms. The molecule has 1 N–H and O–H groups in total. The molecule has 6 heteroatoms. The second-order valence-corrected chi connectivity index (χ2v) is 2.47. The Bertz CT molecular complexity index is 237. The highest BCUT2D eigenvalue weighted by Gasteiger charge is 1.99. The largest absolute Gasteiger partial charge is 0.460 e. The molecular formula is C9H13ClO5. The standard InChI is InChI=1S/C6H10O3.C3H3ClO2/c1-5(2)6(8)9-4-3-7;1-2-6-3(4)5/h7H,1,3-4H2,2H3;2H,1H2. The highest BCUT2D eigenvalue weighted by Crippen LogP contribution is 1.89. The monoisotopic (exact) mass is 236 g/mol. The lowest BCUT2D eigenvalue weighted by atomic mass is 10.4. The molecule has 0 saturated carbocycles. The molecule has 0 aromatic rings. The van der Waals surface area contributed by atoms with E-state index < -0.39 is 11.4 Å². The zero-order valence-corrected chi connectivity index (χ0v) is 9.12. The molecule has 86 valence electrons. The molecule has 0 aliphatic rings. The van der Waals surface area contributed by atoms with E-state index in [9.17, 15) is 9.59 Å². The van der Waals surface area contributed by atoms with Crippen LogP contribution in [0.4, 0.5) is 4.79 Å². The predicted octanol–water partition coefficient (Wildman–Crippen LogP) is 1.60. The Kier molecular flexibility index (Phi) is 11.5. The van der Waals surface area contributed by atoms with Gasteiger partial charge in [-0.3, -0.25) is 0 Å². The Morgan fingerprint density at radius 2 is 2.07 bits per heavy atom. The van der Waals surface area contributed by atoms with Crippen LogP contribution in [0, 0.1) is 0 Å². The fourth-order valence-electron chi connectivity index (χ4n) is 0.327. The summed E-state index contributed by atoms with van der Waals surface area (Å²) < 4.78 is 8.40. The van der Waals surface area contributed by atoms with Gasteiger partial charge in [0, 0.05) is 17.2 Å². The van der Waals surface area contributed by atoms with E-state index in [1.54, 1.807) is 6.92 Å². The van der Waals surface area contributed by atoms with Crippen LogP contribution in [-0.4, -0.2) is 29.7 Å². The van der Waals surface area contributed by atoms with Crippen LogP contribution >= 0.6 is 11.6 Å². The number of carbonyl (C=O) groups is 2. The lowest BCUT2D eigenvalue weighted by Crippen LogP contribution is -2.08. The number of aliphatic hydroxyl groups is 1. The Morgan fingerprint density at radius 1 is 1.53 bits per heavy atom. The van der Waals surface area contributed by atoms with Crippen molar-refractivity contribution in [3.05, 3.63) is 25.0 Å². The summed E-state index contributed by atoms with van der Waals surface area (Å²) in [7, 11) is 0. The maximum Gasteiger partial charge on any atom is 0.408 e. The van der Waals surface area contributed by atoms with Crippen LogP contribution in [0.1, 0.15) is 6.92 Å². The molecule has 0 fully saturated rings. The number of hydrogen-bond donors (Lipinski definition) is 1. The van der Waals surface area contributed by atoms with E-state index >= 15 is 0 Å². The van der Waals surface area contributed by atoms with Crippen molar-refractivity contribution in [2.45, 2.75) is 6.92 Å². The fourth-order valence-corrected chi connectivity index (χ4v) is 0.390. The Hall–Kier alpha value is -1.33. The average Bonchev–Trinajstić information content (AvgIpc) is 2.14. The van der Waals surface area contributed by atoms with Gasteiger partial charge in [0.15, 0.2) is 0 Å². The van der Waals surface area contributed by atoms with Crippen molar-refractivity contribution in [1.82, 2.24) is 0 Å². The van der Waals surface area contributed by atoms with Crippen molar-refractivity contribution in [1.29, 1.82) is 0 Å². The maximum absolute atomic E-state index is 10.5. The number of esters is 1. The Labute approximate surface area is 92.9 Å². The molecule has 0 radical (unpaired) electrons. The van der Waals surface area contributed by atoms with Crippen LogP contribution in [0.5, 0.6) is 0 Å². The van der Waals surface area contributed by atoms with Crippen LogP contribution in [0.3, 0.4) is 0 Å². The Balaban J connectivity index is 0. The first-order valence-electron chi connectivity index (χ1n) is 3.86. The van der Waals surface area contributed by atoms with Crippen molar-refractivity contribution in [2.75, 3.05) is 13.2 Å². The van der Waals surface area contributed by atoms with Crippen molar-refractivity contribution in [3.63, 3.8) is 0 Å². The minimum atomic E-state index is -0.856. The highest BCUT2D eigenvalue weighted by atomic mass is 35.5. The number of halogens is 1. The molecule has 0 aliphatic carbocycles. The SMILES string of the molecule is C=C(C)C(=O)OCCO.C=COC(=O)Cl. The van der Waals surface area contributed by atoms with Crippen LogP contribution in [0.15, 0.2) is 25.0 Å². The summed E-state index contributed by atoms with van der Waals surface area (Å²) in [5.41, 5.74) is -0.506. The molecule has 0 rings (SSSR count). The van der Waals surface area contributed by atoms with E-state index in [4.69, 9.17) is 5.11 Å². The topological polar surface area (TPSA) is 72.8 Å². The van der Waals surface area contributed by atoms with Gasteiger partial charge >= 0.3 is 11.4 Å². The lowest BCUT2D eigenvalue weighted by Gasteiger charge is -1.99. The van der Waals surface area contributed by atoms with E-state index in [2.05, 4.69) is 34.2 Å². The van der Waals surface area contributed by atoms with E-state index in [0.29, 0.717) is 5.57 Å². The predicted molar refractivity (Wildman–Crippen MR) is 55.4 cm³/mol. The summed E-state index contributed by atoms with van der Waals surface area (Å²) >= 11 is 4.65. The fraction of sp³-hybridized carbons (Fsp3) is 0.333. The summed E-state index contributed by atoms with van der Waals surface area (Å²) in [6.45, 7) is 7.89. The van der Waals surface area contributed by atoms with E-state index in [1.807, 2.05) is 0 Å². The Morgan fingerprint density at radius 3 is 2.27 bits per heavy atom. The number of ether oxygens (including phenoxy) is 2. The van der Waals surface area contributed by atoms with E-state index in [1.165, 1.54) is 0 Å². The molecule has 0 atom stereocenters. The lowest BCUT2D eigenvalue weighted by molar-refractivity contribution is -0.139. The minimum Gasteiger partial charge on any atom is -0.460 e. The van der Waals surface area contributed by atoms with Gasteiger partial charge in [-0.25, -0.2) is 9.59 Å². The van der Waals surface area contributed by atoms with E-state index in [0.717, 1.165) is 6.26 Å². The molecule has 0 aromatic heterocycles. The zero-order chi connectivity index (χ0) is 12.3. The average molecular weight is 237 g/mol. The summed E-state index contributed by atoms with van der Waals surface area (Å²) in [6.07, 6.45) is 0.968. The molecule has 0 aliphatic heterocycles. The quantitative estimate of drug-likeness (QED) is 0.347. The number of hydrogen-bond acceptors (Lipinski definition) is 5. The van der Waals surface area contributed by atoms with Crippen molar-refractivity contribution < 1.29 is 24.2 Å². The molecule has 0 unspecified atom stereocenters. The maximum atomic E-state index is 10.5. The van der Waals surface area contributed by atoms with Crippen LogP contribution < -0.4 is 0 Å². The third kappa shape index (κ3) is 15.4. The normalized spacial score (nSPS) is 7.93. The summed E-state index contributed by atoms with van der Waals surface area (Å²) in [5.74, 6) is -0.455. The molecular weight excluding hydrogens is 224 g/mol. The first-order valence-corrected chi connectivity index (χ1v) is 4.24. The van der Waals surface area contributed by atoms with Crippen molar-refractivity contribution in [3.8, 4) is 0 Å². The smallest absolute Gasteiger partial charge is 0.408 e. The summed E-state index contributed by atoms with van der Waals surface area (Å²) in [4.78, 5) is 20.0. The molecule has 0 saturated heterocycles. The first-order chi connectivity index (χ1) is 6.95. The summed E-state index contributed by atoms with van der Waals surface area (Å²) in [5, 5.41) is 8.19. The van der Waals surface area contributed by atoms with Crippen molar-refractivity contribution >= 4 is 23.0 Å². The van der Waals surface area contributed by atoms with Crippen molar-refractivity contribution in [2.24, 2.45) is 0 Å². The number of aliphatic hydroxyl groups excluding tert-OH is 1. The molecule has 5 nitrogen and oxygen atoms in total. The van der Waals surface area contributed by atoms with Gasteiger partial charge in [-0.05, 0) is 6.92 Å². The minimum absolute atomic E-state index is 0.0473. The second kappa shape index (κ2) is 10.7. The third-order valence-electron chi connectivity index (χ3n) is 0.849. The van der Waals surface area contributed by atoms with Gasteiger partial charge in [-0.2, -0.15) is 0 Å². The van der Waals surface area contributed by atoms with Gasteiger partial charge in [0.2, 0.25) is 0 Å². The van der Waals surface area contributed by atoms with Crippen LogP contribution in [-0.2, 0) is 14.3 Å². The molecule has 0 bridgehead atoms. The third-order valence-corrected chi connectivity index (χ3v) is 0.938. The van der Waals surface area contributed by atoms with Crippen LogP contribution in [0.2, 0.25) is 0 Å². The van der Waals surface area contributed by atoms with Gasteiger partial charge in [-0.15, -0.1) is 0 Å². The van der Waals surface area contributed by atoms with Crippen LogP contribution in [0.25, 0.3) is 0 Å². The van der Waals surface area contributed by atoms with Gasteiger partial charge in [0.05, 0.1) is 12.9 Å². The van der Waals surface area contributed by atoms with Gasteiger partial charge in [0.1, 0.15) is 6.61 Å². The molecule has 0 spiro atoms. The number of rotatable bonds is 4. The van der Waals surface area contributed by atoms with Gasteiger partial charge in [0.25, 0.3) is 0 Å². The number of carbonyl (C=O) groups excluding carboxylic acids is 2. The molecule has 0 amide bonds.